The van der Waals surface area contributed by atoms with Crippen LogP contribution in [0.2, 0.25) is 10.0 Å². The fourth-order valence-electron chi connectivity index (χ4n) is 1.66. The normalized spacial score (nSPS) is 13.9. The summed E-state index contributed by atoms with van der Waals surface area (Å²) in [5, 5.41) is 1.32. The average molecular weight is 280 g/mol. The first-order chi connectivity index (χ1) is 7.28. The summed E-state index contributed by atoms with van der Waals surface area (Å²) in [6, 6.07) is 5.69. The van der Waals surface area contributed by atoms with Crippen molar-refractivity contribution in [1.29, 1.82) is 0 Å². The summed E-state index contributed by atoms with van der Waals surface area (Å²) in [4.78, 5) is 0. The van der Waals surface area contributed by atoms with Crippen LogP contribution in [0, 0.1) is 5.41 Å². The topological polar surface area (TPSA) is 0 Å². The van der Waals surface area contributed by atoms with Crippen LogP contribution in [-0.4, -0.2) is 5.38 Å². The van der Waals surface area contributed by atoms with Gasteiger partial charge in [0.2, 0.25) is 0 Å². The zero-order valence-corrected chi connectivity index (χ0v) is 12.1. The van der Waals surface area contributed by atoms with Gasteiger partial charge < -0.3 is 0 Å². The molecule has 0 saturated heterocycles. The third kappa shape index (κ3) is 4.95. The van der Waals surface area contributed by atoms with Gasteiger partial charge in [-0.05, 0) is 36.0 Å². The van der Waals surface area contributed by atoms with E-state index in [1.54, 1.807) is 0 Å². The van der Waals surface area contributed by atoms with Gasteiger partial charge >= 0.3 is 0 Å². The molecule has 0 aliphatic heterocycles. The summed E-state index contributed by atoms with van der Waals surface area (Å²) in [5.41, 5.74) is 1.39. The first-order valence-electron chi connectivity index (χ1n) is 5.36. The molecule has 0 fully saturated rings. The highest BCUT2D eigenvalue weighted by atomic mass is 35.5. The van der Waals surface area contributed by atoms with Crippen LogP contribution in [0.15, 0.2) is 18.2 Å². The molecule has 0 bridgehead atoms. The van der Waals surface area contributed by atoms with Gasteiger partial charge in [0.1, 0.15) is 0 Å². The molecule has 0 nitrogen and oxygen atoms in total. The van der Waals surface area contributed by atoms with Crippen molar-refractivity contribution in [3.63, 3.8) is 0 Å². The molecule has 0 aromatic heterocycles. The van der Waals surface area contributed by atoms with Gasteiger partial charge in [0.15, 0.2) is 0 Å². The quantitative estimate of drug-likeness (QED) is 0.634. The van der Waals surface area contributed by atoms with Gasteiger partial charge in [-0.2, -0.15) is 0 Å². The van der Waals surface area contributed by atoms with E-state index in [9.17, 15) is 0 Å². The highest BCUT2D eigenvalue weighted by Gasteiger charge is 2.17. The number of benzene rings is 1. The molecule has 1 rings (SSSR count). The van der Waals surface area contributed by atoms with Crippen molar-refractivity contribution in [3.8, 4) is 0 Å². The van der Waals surface area contributed by atoms with E-state index in [0.717, 1.165) is 18.4 Å². The lowest BCUT2D eigenvalue weighted by molar-refractivity contribution is 0.369. The Hall–Kier alpha value is 0.0900. The maximum atomic E-state index is 6.32. The van der Waals surface area contributed by atoms with Crippen molar-refractivity contribution in [2.45, 2.75) is 39.0 Å². The van der Waals surface area contributed by atoms with Crippen LogP contribution < -0.4 is 0 Å². The third-order valence-electron chi connectivity index (χ3n) is 2.28. The van der Waals surface area contributed by atoms with E-state index >= 15 is 0 Å². The minimum Gasteiger partial charge on any atom is -0.123 e. The maximum absolute atomic E-state index is 6.32. The molecule has 0 amide bonds. The summed E-state index contributed by atoms with van der Waals surface area (Å²) in [5.74, 6) is 0. The molecule has 90 valence electrons. The molecule has 0 spiro atoms. The Morgan fingerprint density at radius 1 is 1.12 bits per heavy atom. The van der Waals surface area contributed by atoms with E-state index in [1.807, 2.05) is 18.2 Å². The minimum atomic E-state index is 0.136. The summed E-state index contributed by atoms with van der Waals surface area (Å²) < 4.78 is 0. The molecule has 1 atom stereocenters. The largest absolute Gasteiger partial charge is 0.123 e. The molecule has 1 unspecified atom stereocenters. The Kier molecular flexibility index (Phi) is 4.97. The Morgan fingerprint density at radius 3 is 2.25 bits per heavy atom. The number of hydrogen-bond acceptors (Lipinski definition) is 0. The van der Waals surface area contributed by atoms with Crippen LogP contribution in [-0.2, 0) is 6.42 Å². The van der Waals surface area contributed by atoms with Gasteiger partial charge in [-0.15, -0.1) is 11.6 Å². The highest BCUT2D eigenvalue weighted by Crippen LogP contribution is 2.28. The molecular formula is C13H17Cl3. The van der Waals surface area contributed by atoms with E-state index in [-0.39, 0.29) is 10.8 Å². The lowest BCUT2D eigenvalue weighted by Crippen LogP contribution is -2.15. The van der Waals surface area contributed by atoms with Gasteiger partial charge in [0.25, 0.3) is 0 Å². The van der Waals surface area contributed by atoms with E-state index in [1.165, 1.54) is 0 Å². The maximum Gasteiger partial charge on any atom is 0.0595 e. The van der Waals surface area contributed by atoms with Crippen molar-refractivity contribution < 1.29 is 0 Å². The monoisotopic (exact) mass is 278 g/mol. The van der Waals surface area contributed by atoms with E-state index in [4.69, 9.17) is 34.8 Å². The predicted molar refractivity (Wildman–Crippen MR) is 73.9 cm³/mol. The molecule has 0 aliphatic carbocycles. The van der Waals surface area contributed by atoms with Crippen molar-refractivity contribution >= 4 is 34.8 Å². The standard InChI is InChI=1S/C13H17Cl3/c1-13(2,3)8-10(14)6-9-4-5-11(15)12(16)7-9/h4-5,7,10H,6,8H2,1-3H3. The minimum absolute atomic E-state index is 0.136. The number of hydrogen-bond donors (Lipinski definition) is 0. The summed E-state index contributed by atoms with van der Waals surface area (Å²) >= 11 is 18.1. The SMILES string of the molecule is CC(C)(C)CC(Cl)Cc1ccc(Cl)c(Cl)c1. The fraction of sp³-hybridized carbons (Fsp3) is 0.538. The molecular weight excluding hydrogens is 263 g/mol. The zero-order chi connectivity index (χ0) is 12.3. The predicted octanol–water partition coefficient (Wildman–Crippen LogP) is 5.58. The Labute approximate surface area is 113 Å². The van der Waals surface area contributed by atoms with Crippen molar-refractivity contribution in [2.75, 3.05) is 0 Å². The van der Waals surface area contributed by atoms with Gasteiger partial charge in [-0.3, -0.25) is 0 Å². The average Bonchev–Trinajstić information content (AvgIpc) is 2.08. The molecule has 1 aromatic carbocycles. The number of halogens is 3. The van der Waals surface area contributed by atoms with Crippen molar-refractivity contribution in [1.82, 2.24) is 0 Å². The first kappa shape index (κ1) is 14.2. The van der Waals surface area contributed by atoms with Crippen molar-refractivity contribution in [3.05, 3.63) is 33.8 Å². The molecule has 16 heavy (non-hydrogen) atoms. The molecule has 0 radical (unpaired) electrons. The molecule has 0 heterocycles. The molecule has 0 aliphatic rings. The summed E-state index contributed by atoms with van der Waals surface area (Å²) in [7, 11) is 0. The van der Waals surface area contributed by atoms with Gasteiger partial charge in [0, 0.05) is 5.38 Å². The lowest BCUT2D eigenvalue weighted by Gasteiger charge is -2.21. The van der Waals surface area contributed by atoms with Gasteiger partial charge in [-0.25, -0.2) is 0 Å². The summed E-state index contributed by atoms with van der Waals surface area (Å²) in [6.45, 7) is 6.58. The second kappa shape index (κ2) is 5.62. The Morgan fingerprint density at radius 2 is 1.75 bits per heavy atom. The second-order valence-corrected chi connectivity index (χ2v) is 6.75. The fourth-order valence-corrected chi connectivity index (χ4v) is 2.62. The Balaban J connectivity index is 2.63. The molecule has 1 aromatic rings. The first-order valence-corrected chi connectivity index (χ1v) is 6.55. The van der Waals surface area contributed by atoms with Crippen LogP contribution in [0.4, 0.5) is 0 Å². The summed E-state index contributed by atoms with van der Waals surface area (Å²) in [6.07, 6.45) is 1.81. The molecule has 0 N–H and O–H groups in total. The van der Waals surface area contributed by atoms with E-state index in [2.05, 4.69) is 20.8 Å². The van der Waals surface area contributed by atoms with Crippen LogP contribution in [0.25, 0.3) is 0 Å². The zero-order valence-electron chi connectivity index (χ0n) is 9.86. The van der Waals surface area contributed by atoms with E-state index in [0.29, 0.717) is 10.0 Å². The molecule has 3 heteroatoms. The van der Waals surface area contributed by atoms with E-state index < -0.39 is 0 Å². The van der Waals surface area contributed by atoms with Gasteiger partial charge in [0.05, 0.1) is 10.0 Å². The third-order valence-corrected chi connectivity index (χ3v) is 3.32. The second-order valence-electron chi connectivity index (χ2n) is 5.31. The number of rotatable bonds is 3. The number of alkyl halides is 1. The van der Waals surface area contributed by atoms with Gasteiger partial charge in [-0.1, -0.05) is 50.0 Å². The van der Waals surface area contributed by atoms with Crippen LogP contribution in [0.1, 0.15) is 32.8 Å². The Bertz CT molecular complexity index is 353. The van der Waals surface area contributed by atoms with Crippen molar-refractivity contribution in [2.24, 2.45) is 5.41 Å². The highest BCUT2D eigenvalue weighted by molar-refractivity contribution is 6.42. The smallest absolute Gasteiger partial charge is 0.0595 e. The lowest BCUT2D eigenvalue weighted by atomic mass is 9.88. The molecule has 0 saturated carbocycles. The van der Waals surface area contributed by atoms with Crippen LogP contribution in [0.3, 0.4) is 0 Å². The van der Waals surface area contributed by atoms with Crippen LogP contribution in [0.5, 0.6) is 0 Å². The van der Waals surface area contributed by atoms with Crippen LogP contribution >= 0.6 is 34.8 Å².